The summed E-state index contributed by atoms with van der Waals surface area (Å²) in [7, 11) is 1.77. The number of hydrogen-bond donors (Lipinski definition) is 2. The van der Waals surface area contributed by atoms with Gasteiger partial charge < -0.3 is 15.3 Å². The van der Waals surface area contributed by atoms with Gasteiger partial charge in [0.2, 0.25) is 5.91 Å². The summed E-state index contributed by atoms with van der Waals surface area (Å²) in [6, 6.07) is -0.101. The van der Waals surface area contributed by atoms with E-state index in [0.29, 0.717) is 0 Å². The number of amides is 1. The largest absolute Gasteiger partial charge is 0.394 e. The molecule has 1 aliphatic rings. The van der Waals surface area contributed by atoms with E-state index in [1.807, 2.05) is 6.92 Å². The molecule has 1 rings (SSSR count). The fourth-order valence-corrected chi connectivity index (χ4v) is 1.69. The number of carbonyl (C=O) groups excluding carboxylic acids is 1. The Morgan fingerprint density at radius 2 is 2.46 bits per heavy atom. The van der Waals surface area contributed by atoms with E-state index in [-0.39, 0.29) is 24.6 Å². The van der Waals surface area contributed by atoms with Crippen molar-refractivity contribution in [3.8, 4) is 0 Å². The summed E-state index contributed by atoms with van der Waals surface area (Å²) >= 11 is 0. The van der Waals surface area contributed by atoms with Gasteiger partial charge in [0.1, 0.15) is 0 Å². The average Bonchev–Trinajstić information content (AvgIpc) is 2.62. The highest BCUT2D eigenvalue weighted by atomic mass is 16.3. The van der Waals surface area contributed by atoms with Crippen molar-refractivity contribution in [2.75, 3.05) is 20.2 Å². The molecule has 1 aliphatic heterocycles. The van der Waals surface area contributed by atoms with E-state index in [1.165, 1.54) is 0 Å². The third-order valence-corrected chi connectivity index (χ3v) is 2.67. The lowest BCUT2D eigenvalue weighted by Gasteiger charge is -2.25. The summed E-state index contributed by atoms with van der Waals surface area (Å²) in [6.45, 7) is 2.72. The Bertz CT molecular complexity index is 184. The number of rotatable bonds is 3. The Labute approximate surface area is 78.9 Å². The van der Waals surface area contributed by atoms with Gasteiger partial charge in [-0.05, 0) is 26.8 Å². The van der Waals surface area contributed by atoms with Gasteiger partial charge in [-0.2, -0.15) is 0 Å². The van der Waals surface area contributed by atoms with Crippen molar-refractivity contribution in [3.05, 3.63) is 0 Å². The molecule has 0 bridgehead atoms. The maximum atomic E-state index is 11.7. The molecule has 0 saturated carbocycles. The molecule has 0 aromatic carbocycles. The van der Waals surface area contributed by atoms with E-state index in [2.05, 4.69) is 5.32 Å². The molecular formula is C9H18N2O2. The molecule has 1 saturated heterocycles. The van der Waals surface area contributed by atoms with Gasteiger partial charge in [0.25, 0.3) is 0 Å². The lowest BCUT2D eigenvalue weighted by Crippen LogP contribution is -2.46. The summed E-state index contributed by atoms with van der Waals surface area (Å²) in [5.41, 5.74) is 0. The third kappa shape index (κ3) is 2.19. The van der Waals surface area contributed by atoms with Crippen molar-refractivity contribution in [2.24, 2.45) is 0 Å². The van der Waals surface area contributed by atoms with Gasteiger partial charge in [-0.1, -0.05) is 0 Å². The summed E-state index contributed by atoms with van der Waals surface area (Å²) in [4.78, 5) is 13.5. The highest BCUT2D eigenvalue weighted by Gasteiger charge is 2.29. The predicted molar refractivity (Wildman–Crippen MR) is 50.3 cm³/mol. The highest BCUT2D eigenvalue weighted by Crippen LogP contribution is 2.17. The molecule has 2 N–H and O–H groups in total. The van der Waals surface area contributed by atoms with Gasteiger partial charge >= 0.3 is 0 Å². The van der Waals surface area contributed by atoms with Crippen molar-refractivity contribution in [2.45, 2.75) is 31.8 Å². The zero-order valence-corrected chi connectivity index (χ0v) is 8.29. The molecule has 2 atom stereocenters. The Hall–Kier alpha value is -0.610. The number of aliphatic hydroxyl groups is 1. The van der Waals surface area contributed by atoms with Crippen LogP contribution in [0.15, 0.2) is 0 Å². The third-order valence-electron chi connectivity index (χ3n) is 2.67. The van der Waals surface area contributed by atoms with E-state index in [9.17, 15) is 4.79 Å². The molecule has 13 heavy (non-hydrogen) atoms. The van der Waals surface area contributed by atoms with Crippen LogP contribution in [0.5, 0.6) is 0 Å². The zero-order valence-electron chi connectivity index (χ0n) is 8.29. The maximum Gasteiger partial charge on any atom is 0.239 e. The SMILES string of the molecule is CNC(C)C(=O)N1CCCC1CO. The normalized spacial score (nSPS) is 24.8. The lowest BCUT2D eigenvalue weighted by atomic mass is 10.2. The fraction of sp³-hybridized carbons (Fsp3) is 0.889. The first-order chi connectivity index (χ1) is 6.20. The molecule has 4 nitrogen and oxygen atoms in total. The molecule has 0 aromatic rings. The van der Waals surface area contributed by atoms with Gasteiger partial charge in [-0.3, -0.25) is 4.79 Å². The second-order valence-electron chi connectivity index (χ2n) is 3.52. The molecule has 76 valence electrons. The van der Waals surface area contributed by atoms with Crippen molar-refractivity contribution in [1.29, 1.82) is 0 Å². The van der Waals surface area contributed by atoms with Crippen molar-refractivity contribution < 1.29 is 9.90 Å². The molecule has 0 radical (unpaired) electrons. The van der Waals surface area contributed by atoms with Crippen molar-refractivity contribution in [3.63, 3.8) is 0 Å². The second kappa shape index (κ2) is 4.58. The molecule has 0 spiro atoms. The first-order valence-electron chi connectivity index (χ1n) is 4.79. The van der Waals surface area contributed by atoms with E-state index in [0.717, 1.165) is 19.4 Å². The van der Waals surface area contributed by atoms with Gasteiger partial charge in [-0.25, -0.2) is 0 Å². The number of nitrogens with one attached hydrogen (secondary N) is 1. The maximum absolute atomic E-state index is 11.7. The van der Waals surface area contributed by atoms with Crippen LogP contribution in [0.25, 0.3) is 0 Å². The Morgan fingerprint density at radius 3 is 3.00 bits per heavy atom. The van der Waals surface area contributed by atoms with Crippen LogP contribution < -0.4 is 5.32 Å². The number of carbonyl (C=O) groups is 1. The molecular weight excluding hydrogens is 168 g/mol. The molecule has 2 unspecified atom stereocenters. The van der Waals surface area contributed by atoms with Crippen LogP contribution in [0.2, 0.25) is 0 Å². The van der Waals surface area contributed by atoms with Crippen LogP contribution in [-0.2, 0) is 4.79 Å². The minimum atomic E-state index is -0.146. The first-order valence-corrected chi connectivity index (χ1v) is 4.79. The molecule has 0 aromatic heterocycles. The first kappa shape index (κ1) is 10.5. The van der Waals surface area contributed by atoms with Crippen LogP contribution in [0, 0.1) is 0 Å². The molecule has 1 fully saturated rings. The van der Waals surface area contributed by atoms with Crippen LogP contribution in [0.1, 0.15) is 19.8 Å². The van der Waals surface area contributed by atoms with Crippen LogP contribution in [0.4, 0.5) is 0 Å². The molecule has 4 heteroatoms. The van der Waals surface area contributed by atoms with Crippen molar-refractivity contribution >= 4 is 5.91 Å². The molecule has 1 heterocycles. The van der Waals surface area contributed by atoms with Crippen molar-refractivity contribution in [1.82, 2.24) is 10.2 Å². The van der Waals surface area contributed by atoms with Gasteiger partial charge in [-0.15, -0.1) is 0 Å². The monoisotopic (exact) mass is 186 g/mol. The van der Waals surface area contributed by atoms with Gasteiger partial charge in [0.05, 0.1) is 18.7 Å². The Balaban J connectivity index is 2.54. The number of likely N-dealkylation sites (N-methyl/N-ethyl adjacent to an activating group) is 1. The number of aliphatic hydroxyl groups excluding tert-OH is 1. The number of likely N-dealkylation sites (tertiary alicyclic amines) is 1. The zero-order chi connectivity index (χ0) is 9.84. The smallest absolute Gasteiger partial charge is 0.239 e. The standard InChI is InChI=1S/C9H18N2O2/c1-7(10-2)9(13)11-5-3-4-8(11)6-12/h7-8,10,12H,3-6H2,1-2H3. The van der Waals surface area contributed by atoms with Gasteiger partial charge in [0, 0.05) is 6.54 Å². The predicted octanol–water partition coefficient (Wildman–Crippen LogP) is -0.422. The Kier molecular flexibility index (Phi) is 3.69. The average molecular weight is 186 g/mol. The summed E-state index contributed by atoms with van der Waals surface area (Å²) < 4.78 is 0. The van der Waals surface area contributed by atoms with Crippen LogP contribution in [0.3, 0.4) is 0 Å². The lowest BCUT2D eigenvalue weighted by molar-refractivity contribution is -0.134. The Morgan fingerprint density at radius 1 is 1.77 bits per heavy atom. The van der Waals surface area contributed by atoms with E-state index in [4.69, 9.17) is 5.11 Å². The van der Waals surface area contributed by atoms with E-state index >= 15 is 0 Å². The second-order valence-corrected chi connectivity index (χ2v) is 3.52. The molecule has 0 aliphatic carbocycles. The number of hydrogen-bond acceptors (Lipinski definition) is 3. The van der Waals surface area contributed by atoms with Gasteiger partial charge in [0.15, 0.2) is 0 Å². The molecule has 1 amide bonds. The number of nitrogens with zero attached hydrogens (tertiary/aromatic N) is 1. The van der Waals surface area contributed by atoms with E-state index < -0.39 is 0 Å². The minimum Gasteiger partial charge on any atom is -0.394 e. The summed E-state index contributed by atoms with van der Waals surface area (Å²) in [6.07, 6.45) is 1.94. The van der Waals surface area contributed by atoms with E-state index in [1.54, 1.807) is 11.9 Å². The minimum absolute atomic E-state index is 0.0447. The van der Waals surface area contributed by atoms with Crippen LogP contribution >= 0.6 is 0 Å². The van der Waals surface area contributed by atoms with Crippen LogP contribution in [-0.4, -0.2) is 48.2 Å². The topological polar surface area (TPSA) is 52.6 Å². The summed E-state index contributed by atoms with van der Waals surface area (Å²) in [5.74, 6) is 0.0963. The highest BCUT2D eigenvalue weighted by molar-refractivity contribution is 5.82. The fourth-order valence-electron chi connectivity index (χ4n) is 1.69. The summed E-state index contributed by atoms with van der Waals surface area (Å²) in [5, 5.41) is 11.9. The quantitative estimate of drug-likeness (QED) is 0.629.